The predicted octanol–water partition coefficient (Wildman–Crippen LogP) is 4.30. The Labute approximate surface area is 265 Å². The number of nitro groups is 1. The van der Waals surface area contributed by atoms with E-state index in [1.807, 2.05) is 0 Å². The molecule has 0 aliphatic carbocycles. The smallest absolute Gasteiger partial charge is 0.273 e. The van der Waals surface area contributed by atoms with Crippen molar-refractivity contribution in [1.82, 2.24) is 10.3 Å². The monoisotopic (exact) mass is 657 g/mol. The summed E-state index contributed by atoms with van der Waals surface area (Å²) in [5.74, 6) is -0.278. The van der Waals surface area contributed by atoms with Gasteiger partial charge in [-0.2, -0.15) is 5.10 Å². The van der Waals surface area contributed by atoms with Crippen LogP contribution in [0.5, 0.6) is 11.5 Å². The third kappa shape index (κ3) is 8.48. The Balaban J connectivity index is 1.47. The molecule has 13 nitrogen and oxygen atoms in total. The van der Waals surface area contributed by atoms with Crippen molar-refractivity contribution in [3.63, 3.8) is 0 Å². The van der Waals surface area contributed by atoms with Gasteiger partial charge in [0.1, 0.15) is 18.0 Å². The highest BCUT2D eigenvalue weighted by atomic mass is 35.5. The molecule has 0 saturated carbocycles. The van der Waals surface area contributed by atoms with E-state index in [4.69, 9.17) is 21.1 Å². The Kier molecular flexibility index (Phi) is 11.0. The first-order chi connectivity index (χ1) is 21.5. The number of sulfonamides is 1. The molecule has 1 fully saturated rings. The summed E-state index contributed by atoms with van der Waals surface area (Å²) in [5.41, 5.74) is 2.71. The van der Waals surface area contributed by atoms with Gasteiger partial charge in [0, 0.05) is 29.7 Å². The molecule has 1 aliphatic heterocycles. The van der Waals surface area contributed by atoms with Gasteiger partial charge in [0.15, 0.2) is 6.61 Å². The number of hydrazone groups is 1. The number of piperidine rings is 1. The fourth-order valence-corrected chi connectivity index (χ4v) is 6.22. The van der Waals surface area contributed by atoms with Gasteiger partial charge in [-0.1, -0.05) is 17.7 Å². The predicted molar refractivity (Wildman–Crippen MR) is 168 cm³/mol. The van der Waals surface area contributed by atoms with E-state index < -0.39 is 38.0 Å². The summed E-state index contributed by atoms with van der Waals surface area (Å²) in [6.45, 7) is 2.16. The number of nitrogens with zero attached hydrogens (tertiary/aromatic N) is 4. The minimum atomic E-state index is -4.54. The van der Waals surface area contributed by atoms with Crippen LogP contribution in [-0.2, 0) is 19.6 Å². The molecule has 0 unspecified atom stereocenters. The van der Waals surface area contributed by atoms with Gasteiger partial charge in [0.2, 0.25) is 0 Å². The van der Waals surface area contributed by atoms with Crippen LogP contribution < -0.4 is 19.2 Å². The van der Waals surface area contributed by atoms with E-state index >= 15 is 0 Å². The highest BCUT2D eigenvalue weighted by molar-refractivity contribution is 7.92. The standard InChI is InChI=1S/C30H32ClN5O8S/c1-21-6-12-25(17-26(21)36(39)40)45(41,42)35(27-16-23(31)9-13-28(27)43-2)19-29(37)33-32-18-22-7-10-24(11-8-22)44-20-30(38)34-14-4-3-5-15-34/h6-13,16-18H,3-5,14-15,19-20H2,1-2H3,(H,33,37)/b32-18-. The molecule has 1 aliphatic rings. The zero-order valence-electron chi connectivity index (χ0n) is 24.6. The van der Waals surface area contributed by atoms with Crippen molar-refractivity contribution in [2.75, 3.05) is 37.7 Å². The van der Waals surface area contributed by atoms with Gasteiger partial charge in [-0.15, -0.1) is 0 Å². The zero-order valence-corrected chi connectivity index (χ0v) is 26.2. The molecule has 4 rings (SSSR count). The van der Waals surface area contributed by atoms with Crippen LogP contribution >= 0.6 is 11.6 Å². The van der Waals surface area contributed by atoms with E-state index in [1.165, 1.54) is 50.6 Å². The Morgan fingerprint density at radius 2 is 1.80 bits per heavy atom. The maximum Gasteiger partial charge on any atom is 0.273 e. The number of likely N-dealkylation sites (tertiary alicyclic amines) is 1. The van der Waals surface area contributed by atoms with Crippen molar-refractivity contribution in [3.8, 4) is 11.5 Å². The van der Waals surface area contributed by atoms with Crippen LogP contribution in [0.15, 0.2) is 70.7 Å². The molecular weight excluding hydrogens is 626 g/mol. The Bertz CT molecular complexity index is 1690. The molecule has 15 heteroatoms. The average molecular weight is 658 g/mol. The highest BCUT2D eigenvalue weighted by Gasteiger charge is 2.31. The molecule has 0 atom stereocenters. The lowest BCUT2D eigenvalue weighted by Gasteiger charge is -2.26. The number of carbonyl (C=O) groups is 2. The van der Waals surface area contributed by atoms with Crippen LogP contribution in [-0.4, -0.2) is 69.6 Å². The third-order valence-electron chi connectivity index (χ3n) is 7.02. The van der Waals surface area contributed by atoms with E-state index in [9.17, 15) is 28.1 Å². The van der Waals surface area contributed by atoms with Crippen LogP contribution in [0.1, 0.15) is 30.4 Å². The second-order valence-corrected chi connectivity index (χ2v) is 12.4. The fourth-order valence-electron chi connectivity index (χ4n) is 4.61. The van der Waals surface area contributed by atoms with Crippen LogP contribution in [0.25, 0.3) is 0 Å². The summed E-state index contributed by atoms with van der Waals surface area (Å²) in [7, 11) is -3.21. The lowest BCUT2D eigenvalue weighted by molar-refractivity contribution is -0.385. The van der Waals surface area contributed by atoms with Gasteiger partial charge < -0.3 is 14.4 Å². The number of carbonyl (C=O) groups excluding carboxylic acids is 2. The second-order valence-electron chi connectivity index (χ2n) is 10.1. The lowest BCUT2D eigenvalue weighted by atomic mass is 10.1. The van der Waals surface area contributed by atoms with E-state index in [-0.39, 0.29) is 34.5 Å². The molecule has 1 heterocycles. The third-order valence-corrected chi connectivity index (χ3v) is 9.01. The van der Waals surface area contributed by atoms with Gasteiger partial charge in [0.05, 0.1) is 28.8 Å². The van der Waals surface area contributed by atoms with E-state index in [2.05, 4.69) is 10.5 Å². The zero-order chi connectivity index (χ0) is 32.6. The molecule has 0 radical (unpaired) electrons. The topological polar surface area (TPSA) is 161 Å². The summed E-state index contributed by atoms with van der Waals surface area (Å²) in [6, 6.07) is 14.4. The van der Waals surface area contributed by atoms with Crippen molar-refractivity contribution >= 4 is 51.0 Å². The first-order valence-corrected chi connectivity index (χ1v) is 15.8. The Morgan fingerprint density at radius 3 is 2.47 bits per heavy atom. The molecule has 45 heavy (non-hydrogen) atoms. The first-order valence-electron chi connectivity index (χ1n) is 13.9. The molecule has 0 aromatic heterocycles. The molecule has 3 aromatic rings. The van der Waals surface area contributed by atoms with Crippen molar-refractivity contribution in [2.45, 2.75) is 31.1 Å². The van der Waals surface area contributed by atoms with Gasteiger partial charge >= 0.3 is 0 Å². The first kappa shape index (κ1) is 33.2. The van der Waals surface area contributed by atoms with Gasteiger partial charge in [-0.05, 0) is 80.3 Å². The summed E-state index contributed by atoms with van der Waals surface area (Å²) in [5, 5.41) is 15.6. The van der Waals surface area contributed by atoms with Crippen molar-refractivity contribution in [2.24, 2.45) is 5.10 Å². The molecule has 0 bridgehead atoms. The van der Waals surface area contributed by atoms with E-state index in [0.717, 1.165) is 42.7 Å². The number of methoxy groups -OCH3 is 1. The fraction of sp³-hybridized carbons (Fsp3) is 0.300. The number of aryl methyl sites for hydroxylation is 1. The maximum atomic E-state index is 13.8. The minimum absolute atomic E-state index is 0.0540. The molecule has 238 valence electrons. The highest BCUT2D eigenvalue weighted by Crippen LogP contribution is 2.35. The number of nitrogens with one attached hydrogen (secondary N) is 1. The SMILES string of the molecule is COc1ccc(Cl)cc1N(CC(=O)N/N=C\c1ccc(OCC(=O)N2CCCCC2)cc1)S(=O)(=O)c1ccc(C)c([N+](=O)[O-])c1. The molecule has 3 aromatic carbocycles. The van der Waals surface area contributed by atoms with Gasteiger partial charge in [-0.25, -0.2) is 13.8 Å². The number of rotatable bonds is 12. The number of benzene rings is 3. The summed E-state index contributed by atoms with van der Waals surface area (Å²) in [6.07, 6.45) is 4.47. The van der Waals surface area contributed by atoms with Crippen LogP contribution in [0.2, 0.25) is 5.02 Å². The maximum absolute atomic E-state index is 13.8. The molecule has 1 saturated heterocycles. The quantitative estimate of drug-likeness (QED) is 0.171. The van der Waals surface area contributed by atoms with Crippen LogP contribution in [0.3, 0.4) is 0 Å². The van der Waals surface area contributed by atoms with Gasteiger partial charge in [-0.3, -0.25) is 24.0 Å². The number of ether oxygens (including phenoxy) is 2. The van der Waals surface area contributed by atoms with Crippen LogP contribution in [0, 0.1) is 17.0 Å². The Hall–Kier alpha value is -4.69. The molecule has 2 amide bonds. The molecular formula is C30H32ClN5O8S. The second kappa shape index (κ2) is 14.9. The number of amides is 2. The minimum Gasteiger partial charge on any atom is -0.495 e. The summed E-state index contributed by atoms with van der Waals surface area (Å²) < 4.78 is 39.3. The summed E-state index contributed by atoms with van der Waals surface area (Å²) in [4.78, 5) is 37.5. The largest absolute Gasteiger partial charge is 0.495 e. The van der Waals surface area contributed by atoms with E-state index in [1.54, 1.807) is 29.2 Å². The number of hydrogen-bond donors (Lipinski definition) is 1. The Morgan fingerprint density at radius 1 is 1.09 bits per heavy atom. The van der Waals surface area contributed by atoms with Crippen molar-refractivity contribution in [3.05, 3.63) is 86.9 Å². The summed E-state index contributed by atoms with van der Waals surface area (Å²) >= 11 is 6.15. The van der Waals surface area contributed by atoms with Crippen molar-refractivity contribution < 1.29 is 32.4 Å². The average Bonchev–Trinajstić information content (AvgIpc) is 3.03. The number of anilines is 1. The number of nitro benzene ring substituents is 1. The van der Waals surface area contributed by atoms with Crippen LogP contribution in [0.4, 0.5) is 11.4 Å². The molecule has 1 N–H and O–H groups in total. The number of hydrogen-bond acceptors (Lipinski definition) is 9. The van der Waals surface area contributed by atoms with Gasteiger partial charge in [0.25, 0.3) is 27.5 Å². The van der Waals surface area contributed by atoms with Crippen molar-refractivity contribution in [1.29, 1.82) is 0 Å². The number of halogens is 1. The van der Waals surface area contributed by atoms with E-state index in [0.29, 0.717) is 11.3 Å². The normalized spacial score (nSPS) is 13.4. The lowest BCUT2D eigenvalue weighted by Crippen LogP contribution is -2.39. The molecule has 0 spiro atoms.